The smallest absolute Gasteiger partial charge is 0.336 e. The van der Waals surface area contributed by atoms with Crippen LogP contribution in [0.15, 0.2) is 57.7 Å². The summed E-state index contributed by atoms with van der Waals surface area (Å²) in [4.78, 5) is 23.8. The van der Waals surface area contributed by atoms with Gasteiger partial charge in [-0.25, -0.2) is 9.18 Å². The van der Waals surface area contributed by atoms with Gasteiger partial charge < -0.3 is 14.5 Å². The Morgan fingerprint density at radius 2 is 1.92 bits per heavy atom. The molecule has 122 valence electrons. The van der Waals surface area contributed by atoms with E-state index in [1.807, 2.05) is 0 Å². The van der Waals surface area contributed by atoms with Gasteiger partial charge in [0.2, 0.25) is 0 Å². The molecule has 0 unspecified atom stereocenters. The van der Waals surface area contributed by atoms with Crippen molar-refractivity contribution in [3.05, 3.63) is 75.9 Å². The molecule has 6 heteroatoms. The second-order valence-electron chi connectivity index (χ2n) is 5.14. The molecule has 1 N–H and O–H groups in total. The Hall–Kier alpha value is -3.15. The molecule has 0 aliphatic carbocycles. The zero-order chi connectivity index (χ0) is 17.1. The second-order valence-corrected chi connectivity index (χ2v) is 5.14. The summed E-state index contributed by atoms with van der Waals surface area (Å²) in [5.41, 5.74) is 0.664. The molecule has 0 spiro atoms. The van der Waals surface area contributed by atoms with Crippen molar-refractivity contribution in [1.82, 2.24) is 5.32 Å². The van der Waals surface area contributed by atoms with Gasteiger partial charge in [0.1, 0.15) is 17.1 Å². The fraction of sp³-hybridized carbons (Fsp3) is 0.111. The zero-order valence-corrected chi connectivity index (χ0v) is 12.8. The van der Waals surface area contributed by atoms with Crippen molar-refractivity contribution in [2.24, 2.45) is 0 Å². The molecule has 1 heterocycles. The first kappa shape index (κ1) is 15.7. The molecule has 3 aromatic rings. The number of ether oxygens (including phenoxy) is 1. The highest BCUT2D eigenvalue weighted by Gasteiger charge is 2.10. The highest BCUT2D eigenvalue weighted by molar-refractivity contribution is 5.94. The van der Waals surface area contributed by atoms with Gasteiger partial charge in [-0.2, -0.15) is 0 Å². The summed E-state index contributed by atoms with van der Waals surface area (Å²) < 4.78 is 23.5. The summed E-state index contributed by atoms with van der Waals surface area (Å²) in [6.45, 7) is 0.0798. The van der Waals surface area contributed by atoms with Crippen molar-refractivity contribution in [1.29, 1.82) is 0 Å². The molecule has 0 fully saturated rings. The molecule has 1 amide bonds. The lowest BCUT2D eigenvalue weighted by molar-refractivity contribution is 0.0951. The average Bonchev–Trinajstić information content (AvgIpc) is 2.60. The van der Waals surface area contributed by atoms with Gasteiger partial charge in [0.15, 0.2) is 0 Å². The lowest BCUT2D eigenvalue weighted by Crippen LogP contribution is -2.23. The van der Waals surface area contributed by atoms with Gasteiger partial charge in [0.05, 0.1) is 7.11 Å². The molecule has 0 radical (unpaired) electrons. The molecule has 5 nitrogen and oxygen atoms in total. The van der Waals surface area contributed by atoms with Crippen molar-refractivity contribution >= 4 is 16.9 Å². The number of nitrogens with one attached hydrogen (secondary N) is 1. The maximum atomic E-state index is 13.4. The molecular formula is C18H14FNO4. The van der Waals surface area contributed by atoms with E-state index in [4.69, 9.17) is 9.15 Å². The maximum Gasteiger partial charge on any atom is 0.336 e. The minimum absolute atomic E-state index is 0.0798. The first-order valence-electron chi connectivity index (χ1n) is 7.21. The lowest BCUT2D eigenvalue weighted by atomic mass is 10.1. The number of methoxy groups -OCH3 is 1. The third-order valence-electron chi connectivity index (χ3n) is 3.58. The van der Waals surface area contributed by atoms with Gasteiger partial charge in [-0.3, -0.25) is 4.79 Å². The van der Waals surface area contributed by atoms with Crippen molar-refractivity contribution < 1.29 is 18.3 Å². The van der Waals surface area contributed by atoms with Crippen LogP contribution in [0.3, 0.4) is 0 Å². The molecule has 0 atom stereocenters. The van der Waals surface area contributed by atoms with Crippen LogP contribution in [0, 0.1) is 5.82 Å². The number of amides is 1. The normalized spacial score (nSPS) is 10.6. The van der Waals surface area contributed by atoms with Gasteiger partial charge in [0, 0.05) is 23.6 Å². The Morgan fingerprint density at radius 3 is 2.62 bits per heavy atom. The van der Waals surface area contributed by atoms with Crippen LogP contribution in [0.4, 0.5) is 4.39 Å². The van der Waals surface area contributed by atoms with E-state index in [0.717, 1.165) is 0 Å². The van der Waals surface area contributed by atoms with E-state index in [1.165, 1.54) is 24.3 Å². The highest BCUT2D eigenvalue weighted by Crippen LogP contribution is 2.18. The molecule has 0 aliphatic heterocycles. The first-order valence-corrected chi connectivity index (χ1v) is 7.21. The van der Waals surface area contributed by atoms with Crippen LogP contribution in [-0.4, -0.2) is 13.0 Å². The van der Waals surface area contributed by atoms with Crippen LogP contribution in [-0.2, 0) is 6.54 Å². The van der Waals surface area contributed by atoms with E-state index < -0.39 is 11.4 Å². The molecule has 1 aromatic heterocycles. The van der Waals surface area contributed by atoms with Crippen LogP contribution in [0.1, 0.15) is 15.9 Å². The topological polar surface area (TPSA) is 68.5 Å². The number of benzene rings is 2. The number of hydrogen-bond donors (Lipinski definition) is 1. The third kappa shape index (κ3) is 3.27. The molecule has 0 saturated heterocycles. The van der Waals surface area contributed by atoms with Gasteiger partial charge in [-0.15, -0.1) is 0 Å². The first-order chi connectivity index (χ1) is 11.6. The van der Waals surface area contributed by atoms with Gasteiger partial charge in [-0.05, 0) is 48.0 Å². The largest absolute Gasteiger partial charge is 0.497 e. The Morgan fingerprint density at radius 1 is 1.17 bits per heavy atom. The van der Waals surface area contributed by atoms with Crippen LogP contribution >= 0.6 is 0 Å². The Balaban J connectivity index is 1.83. The highest BCUT2D eigenvalue weighted by atomic mass is 19.1. The minimum atomic E-state index is -0.553. The predicted molar refractivity (Wildman–Crippen MR) is 86.6 cm³/mol. The lowest BCUT2D eigenvalue weighted by Gasteiger charge is -2.08. The summed E-state index contributed by atoms with van der Waals surface area (Å²) in [6, 6.07) is 11.7. The molecule has 0 bridgehead atoms. The van der Waals surface area contributed by atoms with Gasteiger partial charge in [-0.1, -0.05) is 0 Å². The number of hydrogen-bond acceptors (Lipinski definition) is 4. The third-order valence-corrected chi connectivity index (χ3v) is 3.58. The van der Waals surface area contributed by atoms with E-state index in [0.29, 0.717) is 22.3 Å². The average molecular weight is 327 g/mol. The molecule has 0 aliphatic rings. The quantitative estimate of drug-likeness (QED) is 0.748. The summed E-state index contributed by atoms with van der Waals surface area (Å²) >= 11 is 0. The van der Waals surface area contributed by atoms with E-state index in [9.17, 15) is 14.0 Å². The minimum Gasteiger partial charge on any atom is -0.497 e. The molecular weight excluding hydrogens is 313 g/mol. The SMILES string of the molecule is COc1ccc(C(=O)NCc2cc(=O)oc3ccc(F)cc23)cc1. The summed E-state index contributed by atoms with van der Waals surface area (Å²) in [7, 11) is 1.54. The Labute approximate surface area is 136 Å². The fourth-order valence-corrected chi connectivity index (χ4v) is 2.37. The van der Waals surface area contributed by atoms with E-state index in [1.54, 1.807) is 31.4 Å². The Kier molecular flexibility index (Phi) is 4.29. The monoisotopic (exact) mass is 327 g/mol. The number of carbonyl (C=O) groups is 1. The van der Waals surface area contributed by atoms with Crippen molar-refractivity contribution in [3.8, 4) is 5.75 Å². The summed E-state index contributed by atoms with van der Waals surface area (Å²) in [5, 5.41) is 3.16. The summed E-state index contributed by atoms with van der Waals surface area (Å²) in [6.07, 6.45) is 0. The second kappa shape index (κ2) is 6.54. The van der Waals surface area contributed by atoms with Crippen LogP contribution < -0.4 is 15.7 Å². The predicted octanol–water partition coefficient (Wildman–Crippen LogP) is 2.87. The summed E-state index contributed by atoms with van der Waals surface area (Å²) in [5.74, 6) is -0.108. The van der Waals surface area contributed by atoms with Crippen molar-refractivity contribution in [3.63, 3.8) is 0 Å². The zero-order valence-electron chi connectivity index (χ0n) is 12.8. The fourth-order valence-electron chi connectivity index (χ4n) is 2.37. The molecule has 2 aromatic carbocycles. The van der Waals surface area contributed by atoms with Crippen molar-refractivity contribution in [2.45, 2.75) is 6.54 Å². The van der Waals surface area contributed by atoms with Crippen LogP contribution in [0.2, 0.25) is 0 Å². The standard InChI is InChI=1S/C18H14FNO4/c1-23-14-5-2-11(3-6-14)18(22)20-10-12-8-17(21)24-16-7-4-13(19)9-15(12)16/h2-9H,10H2,1H3,(H,20,22). The van der Waals surface area contributed by atoms with E-state index in [2.05, 4.69) is 5.32 Å². The number of rotatable bonds is 4. The van der Waals surface area contributed by atoms with E-state index >= 15 is 0 Å². The molecule has 0 saturated carbocycles. The number of carbonyl (C=O) groups excluding carboxylic acids is 1. The number of fused-ring (bicyclic) bond motifs is 1. The molecule has 24 heavy (non-hydrogen) atoms. The van der Waals surface area contributed by atoms with Gasteiger partial charge in [0.25, 0.3) is 5.91 Å². The van der Waals surface area contributed by atoms with E-state index in [-0.39, 0.29) is 18.0 Å². The van der Waals surface area contributed by atoms with Gasteiger partial charge >= 0.3 is 5.63 Å². The van der Waals surface area contributed by atoms with Crippen LogP contribution in [0.25, 0.3) is 11.0 Å². The maximum absolute atomic E-state index is 13.4. The van der Waals surface area contributed by atoms with Crippen LogP contribution in [0.5, 0.6) is 5.75 Å². The number of halogens is 1. The Bertz CT molecular complexity index is 947. The van der Waals surface area contributed by atoms with Crippen molar-refractivity contribution in [2.75, 3.05) is 7.11 Å². The molecule has 3 rings (SSSR count).